The number of hydrogen-bond donors (Lipinski definition) is 2. The highest BCUT2D eigenvalue weighted by Gasteiger charge is 2.18. The second-order valence-electron chi connectivity index (χ2n) is 8.72. The van der Waals surface area contributed by atoms with E-state index < -0.39 is 0 Å². The molecule has 0 aliphatic heterocycles. The van der Waals surface area contributed by atoms with Gasteiger partial charge in [0.2, 0.25) is 5.95 Å². The minimum absolute atomic E-state index is 0.144. The van der Waals surface area contributed by atoms with Crippen molar-refractivity contribution in [2.24, 2.45) is 0 Å². The first-order valence-corrected chi connectivity index (χ1v) is 12.5. The lowest BCUT2D eigenvalue weighted by atomic mass is 10.2. The Morgan fingerprint density at radius 1 is 1.14 bits per heavy atom. The molecule has 184 valence electrons. The van der Waals surface area contributed by atoms with Crippen molar-refractivity contribution in [2.75, 3.05) is 11.9 Å². The number of benzene rings is 1. The molecule has 4 heterocycles. The number of nitrogens with one attached hydrogen (secondary N) is 2. The number of anilines is 1. The molecule has 4 aromatic heterocycles. The molecule has 0 spiro atoms. The van der Waals surface area contributed by atoms with E-state index >= 15 is 0 Å². The summed E-state index contributed by atoms with van der Waals surface area (Å²) >= 11 is 1.41. The molecule has 1 aromatic carbocycles. The van der Waals surface area contributed by atoms with Gasteiger partial charge < -0.3 is 14.3 Å². The Labute approximate surface area is 211 Å². The highest BCUT2D eigenvalue weighted by atomic mass is 32.1. The predicted octanol–water partition coefficient (Wildman–Crippen LogP) is 4.77. The summed E-state index contributed by atoms with van der Waals surface area (Å²) < 4.78 is 7.68. The van der Waals surface area contributed by atoms with Crippen LogP contribution in [0.4, 0.5) is 5.95 Å². The normalized spacial score (nSPS) is 11.6. The van der Waals surface area contributed by atoms with E-state index in [-0.39, 0.29) is 17.6 Å². The zero-order chi connectivity index (χ0) is 25.2. The summed E-state index contributed by atoms with van der Waals surface area (Å²) in [6, 6.07) is 11.3. The Morgan fingerprint density at radius 3 is 2.72 bits per heavy atom. The number of aromatic nitrogens is 5. The van der Waals surface area contributed by atoms with Gasteiger partial charge in [-0.05, 0) is 69.2 Å². The third-order valence-corrected chi connectivity index (χ3v) is 6.86. The molecular weight excluding hydrogens is 476 g/mol. The molecule has 36 heavy (non-hydrogen) atoms. The van der Waals surface area contributed by atoms with Crippen LogP contribution in [0.1, 0.15) is 35.6 Å². The van der Waals surface area contributed by atoms with E-state index in [1.54, 1.807) is 25.4 Å². The van der Waals surface area contributed by atoms with Crippen LogP contribution < -0.4 is 10.9 Å². The lowest BCUT2D eigenvalue weighted by molar-refractivity contribution is 0.0751. The van der Waals surface area contributed by atoms with Crippen molar-refractivity contribution in [2.45, 2.75) is 39.8 Å². The van der Waals surface area contributed by atoms with Gasteiger partial charge in [0.1, 0.15) is 5.69 Å². The smallest absolute Gasteiger partial charge is 0.269 e. The highest BCUT2D eigenvalue weighted by Crippen LogP contribution is 2.29. The van der Waals surface area contributed by atoms with Crippen LogP contribution in [0.3, 0.4) is 0 Å². The Kier molecular flexibility index (Phi) is 6.62. The van der Waals surface area contributed by atoms with Gasteiger partial charge >= 0.3 is 0 Å². The lowest BCUT2D eigenvalue weighted by Gasteiger charge is -2.11. The minimum Gasteiger partial charge on any atom is -0.379 e. The van der Waals surface area contributed by atoms with Gasteiger partial charge in [0, 0.05) is 30.4 Å². The summed E-state index contributed by atoms with van der Waals surface area (Å²) in [4.78, 5) is 42.8. The molecule has 0 saturated heterocycles. The molecule has 0 fully saturated rings. The number of aryl methyl sites for hydroxylation is 2. The fourth-order valence-corrected chi connectivity index (χ4v) is 4.86. The number of aromatic amines is 1. The maximum atomic E-state index is 13.2. The van der Waals surface area contributed by atoms with Gasteiger partial charge in [-0.2, -0.15) is 0 Å². The number of rotatable bonds is 8. The number of carbonyl (C=O) groups excluding carboxylic acids is 1. The van der Waals surface area contributed by atoms with Crippen LogP contribution in [-0.2, 0) is 11.3 Å². The van der Waals surface area contributed by atoms with E-state index in [1.165, 1.54) is 11.3 Å². The van der Waals surface area contributed by atoms with Crippen LogP contribution in [0.25, 0.3) is 32.5 Å². The first-order chi connectivity index (χ1) is 17.4. The average Bonchev–Trinajstić information content (AvgIpc) is 3.47. The highest BCUT2D eigenvalue weighted by molar-refractivity contribution is 7.17. The molecular formula is C26H26N6O3S. The van der Waals surface area contributed by atoms with Crippen LogP contribution in [0.2, 0.25) is 0 Å². The van der Waals surface area contributed by atoms with Gasteiger partial charge in [-0.1, -0.05) is 0 Å². The Balaban J connectivity index is 1.49. The monoisotopic (exact) mass is 502 g/mol. The summed E-state index contributed by atoms with van der Waals surface area (Å²) in [6.45, 7) is 6.86. The largest absolute Gasteiger partial charge is 0.379 e. The van der Waals surface area contributed by atoms with Crippen molar-refractivity contribution >= 4 is 45.3 Å². The van der Waals surface area contributed by atoms with E-state index in [9.17, 15) is 9.59 Å². The molecule has 2 N–H and O–H groups in total. The number of ether oxygens (including phenoxy) is 1. The second-order valence-corrected chi connectivity index (χ2v) is 9.81. The third-order valence-electron chi connectivity index (χ3n) is 5.73. The van der Waals surface area contributed by atoms with E-state index in [0.717, 1.165) is 22.4 Å². The molecule has 0 unspecified atom stereocenters. The number of pyridine rings is 1. The van der Waals surface area contributed by atoms with Gasteiger partial charge in [0.05, 0.1) is 33.0 Å². The number of fused-ring (bicyclic) bond motifs is 2. The molecule has 0 atom stereocenters. The Morgan fingerprint density at radius 2 is 1.94 bits per heavy atom. The third kappa shape index (κ3) is 4.91. The summed E-state index contributed by atoms with van der Waals surface area (Å²) in [6.07, 6.45) is 4.35. The molecule has 10 heteroatoms. The number of imidazole rings is 1. The number of thiophene rings is 1. The van der Waals surface area contributed by atoms with Gasteiger partial charge in [0.15, 0.2) is 0 Å². The van der Waals surface area contributed by atoms with Crippen molar-refractivity contribution < 1.29 is 9.53 Å². The number of carbonyl (C=O) groups is 1. The summed E-state index contributed by atoms with van der Waals surface area (Å²) in [5.41, 5.74) is 3.92. The van der Waals surface area contributed by atoms with Crippen LogP contribution >= 0.6 is 11.3 Å². The number of nitrogens with zero attached hydrogens (tertiary/aromatic N) is 4. The molecule has 0 radical (unpaired) electrons. The molecule has 1 amide bonds. The van der Waals surface area contributed by atoms with E-state index in [0.29, 0.717) is 46.2 Å². The average molecular weight is 503 g/mol. The quantitative estimate of drug-likeness (QED) is 0.295. The fourth-order valence-electron chi connectivity index (χ4n) is 3.95. The SMILES string of the molecule is Cc1nc2cc3c(cc2[nH]c1=O)nc(NC(=O)c1ccc(-c2ccncc2)s1)n3CCCOC(C)C. The van der Waals surface area contributed by atoms with Crippen molar-refractivity contribution in [3.8, 4) is 10.4 Å². The zero-order valence-corrected chi connectivity index (χ0v) is 21.1. The summed E-state index contributed by atoms with van der Waals surface area (Å²) in [5, 5.41) is 2.99. The van der Waals surface area contributed by atoms with Crippen molar-refractivity contribution in [1.82, 2.24) is 24.5 Å². The topological polar surface area (TPSA) is 115 Å². The Bertz CT molecular complexity index is 1600. The lowest BCUT2D eigenvalue weighted by Crippen LogP contribution is -2.16. The first kappa shape index (κ1) is 23.8. The van der Waals surface area contributed by atoms with E-state index in [1.807, 2.05) is 48.7 Å². The van der Waals surface area contributed by atoms with Crippen LogP contribution in [0, 0.1) is 6.92 Å². The molecule has 5 rings (SSSR count). The minimum atomic E-state index is -0.234. The van der Waals surface area contributed by atoms with Crippen LogP contribution in [0.5, 0.6) is 0 Å². The molecule has 0 aliphatic rings. The Hall–Kier alpha value is -3.89. The van der Waals surface area contributed by atoms with Crippen LogP contribution in [0.15, 0.2) is 53.6 Å². The molecule has 0 aliphatic carbocycles. The maximum Gasteiger partial charge on any atom is 0.269 e. The van der Waals surface area contributed by atoms with Gasteiger partial charge in [-0.3, -0.25) is 19.9 Å². The first-order valence-electron chi connectivity index (χ1n) is 11.7. The zero-order valence-electron chi connectivity index (χ0n) is 20.2. The summed E-state index contributed by atoms with van der Waals surface area (Å²) in [5.74, 6) is 0.204. The molecule has 5 aromatic rings. The maximum absolute atomic E-state index is 13.2. The van der Waals surface area contributed by atoms with Crippen molar-refractivity contribution in [1.29, 1.82) is 0 Å². The molecule has 0 saturated carbocycles. The number of amides is 1. The van der Waals surface area contributed by atoms with Crippen molar-refractivity contribution in [3.05, 3.63) is 69.7 Å². The molecule has 9 nitrogen and oxygen atoms in total. The van der Waals surface area contributed by atoms with Gasteiger partial charge in [-0.25, -0.2) is 9.97 Å². The fraction of sp³-hybridized carbons (Fsp3) is 0.269. The molecule has 0 bridgehead atoms. The predicted molar refractivity (Wildman–Crippen MR) is 142 cm³/mol. The number of H-pyrrole nitrogens is 1. The number of hydrogen-bond acceptors (Lipinski definition) is 7. The van der Waals surface area contributed by atoms with Gasteiger partial charge in [0.25, 0.3) is 11.5 Å². The second kappa shape index (κ2) is 10.00. The summed E-state index contributed by atoms with van der Waals surface area (Å²) in [7, 11) is 0. The van der Waals surface area contributed by atoms with Crippen molar-refractivity contribution in [3.63, 3.8) is 0 Å². The van der Waals surface area contributed by atoms with Gasteiger partial charge in [-0.15, -0.1) is 11.3 Å². The van der Waals surface area contributed by atoms with Crippen LogP contribution in [-0.4, -0.2) is 43.1 Å². The standard InChI is InChI=1S/C26H26N6O3S/c1-15(2)35-12-4-11-32-21-14-19-18(29-24(33)16(3)28-19)13-20(21)30-26(32)31-25(34)23-6-5-22(36-23)17-7-9-27-10-8-17/h5-10,13-15H,4,11-12H2,1-3H3,(H,29,33)(H,30,31,34). The van der Waals surface area contributed by atoms with E-state index in [4.69, 9.17) is 9.72 Å². The van der Waals surface area contributed by atoms with E-state index in [2.05, 4.69) is 20.3 Å².